The number of anilines is 1. The van der Waals surface area contributed by atoms with Crippen molar-refractivity contribution in [2.24, 2.45) is 5.92 Å². The molecule has 0 aromatic heterocycles. The molecule has 0 aliphatic carbocycles. The van der Waals surface area contributed by atoms with Crippen LogP contribution in [-0.4, -0.2) is 17.4 Å². The standard InChI is InChI=1S/C22H18N2O2S/c23-15-19(21(25)13-14-27-17-9-2-1-3-10-17)22(26)24-20-12-6-8-16-7-4-5-11-18(16)20/h1-12,19H,13-14H2,(H,24,26). The first kappa shape index (κ1) is 18.7. The van der Waals surface area contributed by atoms with Crippen LogP contribution in [0.15, 0.2) is 77.7 Å². The smallest absolute Gasteiger partial charge is 0.249 e. The lowest BCUT2D eigenvalue weighted by Gasteiger charge is -2.11. The average Bonchev–Trinajstić information content (AvgIpc) is 2.70. The van der Waals surface area contributed by atoms with Gasteiger partial charge in [0.25, 0.3) is 0 Å². The van der Waals surface area contributed by atoms with Crippen LogP contribution >= 0.6 is 11.8 Å². The second-order valence-electron chi connectivity index (χ2n) is 5.96. The van der Waals surface area contributed by atoms with Crippen molar-refractivity contribution in [1.82, 2.24) is 0 Å². The van der Waals surface area contributed by atoms with Gasteiger partial charge in [-0.25, -0.2) is 0 Å². The third-order valence-electron chi connectivity index (χ3n) is 4.12. The maximum atomic E-state index is 12.5. The first-order chi connectivity index (χ1) is 13.2. The number of nitrogens with zero attached hydrogens (tertiary/aromatic N) is 1. The molecule has 27 heavy (non-hydrogen) atoms. The normalized spacial score (nSPS) is 11.5. The molecule has 0 saturated carbocycles. The number of nitriles is 1. The third-order valence-corrected chi connectivity index (χ3v) is 5.13. The van der Waals surface area contributed by atoms with Crippen LogP contribution in [0.25, 0.3) is 10.8 Å². The highest BCUT2D eigenvalue weighted by atomic mass is 32.2. The van der Waals surface area contributed by atoms with Crippen molar-refractivity contribution in [3.05, 3.63) is 72.8 Å². The average molecular weight is 374 g/mol. The molecule has 0 bridgehead atoms. The van der Waals surface area contributed by atoms with E-state index < -0.39 is 11.8 Å². The molecule has 0 spiro atoms. The summed E-state index contributed by atoms with van der Waals surface area (Å²) in [6.45, 7) is 0. The third kappa shape index (κ3) is 4.75. The zero-order valence-corrected chi connectivity index (χ0v) is 15.4. The predicted molar refractivity (Wildman–Crippen MR) is 108 cm³/mol. The Morgan fingerprint density at radius 1 is 0.963 bits per heavy atom. The molecule has 0 heterocycles. The van der Waals surface area contributed by atoms with Crippen molar-refractivity contribution < 1.29 is 9.59 Å². The van der Waals surface area contributed by atoms with E-state index in [1.165, 1.54) is 11.8 Å². The number of rotatable bonds is 7. The van der Waals surface area contributed by atoms with Gasteiger partial charge in [-0.05, 0) is 23.6 Å². The van der Waals surface area contributed by atoms with E-state index in [-0.39, 0.29) is 12.2 Å². The van der Waals surface area contributed by atoms with Crippen molar-refractivity contribution in [3.8, 4) is 6.07 Å². The molecular weight excluding hydrogens is 356 g/mol. The SMILES string of the molecule is N#CC(C(=O)CCSc1ccccc1)C(=O)Nc1cccc2ccccc12. The summed E-state index contributed by atoms with van der Waals surface area (Å²) in [5.74, 6) is -1.72. The summed E-state index contributed by atoms with van der Waals surface area (Å²) >= 11 is 1.53. The Kier molecular flexibility index (Phi) is 6.24. The molecule has 0 aliphatic rings. The molecule has 4 nitrogen and oxygen atoms in total. The highest BCUT2D eigenvalue weighted by molar-refractivity contribution is 7.99. The van der Waals surface area contributed by atoms with Crippen molar-refractivity contribution in [2.75, 3.05) is 11.1 Å². The van der Waals surface area contributed by atoms with Crippen LogP contribution in [-0.2, 0) is 9.59 Å². The first-order valence-electron chi connectivity index (χ1n) is 8.58. The number of hydrogen-bond donors (Lipinski definition) is 1. The number of ketones is 1. The molecule has 134 valence electrons. The molecule has 3 aromatic rings. The summed E-state index contributed by atoms with van der Waals surface area (Å²) in [7, 11) is 0. The van der Waals surface area contributed by atoms with Gasteiger partial charge in [-0.1, -0.05) is 54.6 Å². The van der Waals surface area contributed by atoms with Crippen LogP contribution in [0.1, 0.15) is 6.42 Å². The Labute approximate surface area is 162 Å². The van der Waals surface area contributed by atoms with Gasteiger partial charge in [-0.15, -0.1) is 11.8 Å². The lowest BCUT2D eigenvalue weighted by atomic mass is 10.0. The molecule has 1 N–H and O–H groups in total. The van der Waals surface area contributed by atoms with Gasteiger partial charge in [0.1, 0.15) is 0 Å². The predicted octanol–water partition coefficient (Wildman–Crippen LogP) is 4.67. The van der Waals surface area contributed by atoms with Gasteiger partial charge in [-0.2, -0.15) is 5.26 Å². The highest BCUT2D eigenvalue weighted by Crippen LogP contribution is 2.24. The van der Waals surface area contributed by atoms with E-state index in [9.17, 15) is 14.9 Å². The van der Waals surface area contributed by atoms with Gasteiger partial charge in [0.2, 0.25) is 5.91 Å². The zero-order chi connectivity index (χ0) is 19.1. The van der Waals surface area contributed by atoms with Crippen molar-refractivity contribution in [2.45, 2.75) is 11.3 Å². The maximum absolute atomic E-state index is 12.5. The number of nitrogens with one attached hydrogen (secondary N) is 1. The van der Waals surface area contributed by atoms with E-state index in [2.05, 4.69) is 5.32 Å². The Balaban J connectivity index is 1.63. The van der Waals surface area contributed by atoms with Gasteiger partial charge in [0.05, 0.1) is 6.07 Å². The van der Waals surface area contributed by atoms with Crippen LogP contribution < -0.4 is 5.32 Å². The summed E-state index contributed by atoms with van der Waals surface area (Å²) in [5.41, 5.74) is 0.602. The molecule has 3 rings (SSSR count). The van der Waals surface area contributed by atoms with Gasteiger partial charge < -0.3 is 5.32 Å². The number of amides is 1. The van der Waals surface area contributed by atoms with E-state index in [0.29, 0.717) is 11.4 Å². The number of carbonyl (C=O) groups is 2. The number of benzene rings is 3. The van der Waals surface area contributed by atoms with E-state index in [0.717, 1.165) is 15.7 Å². The molecule has 1 atom stereocenters. The van der Waals surface area contributed by atoms with Crippen molar-refractivity contribution in [1.29, 1.82) is 5.26 Å². The molecule has 0 aliphatic heterocycles. The van der Waals surface area contributed by atoms with Crippen molar-refractivity contribution in [3.63, 3.8) is 0 Å². The summed E-state index contributed by atoms with van der Waals surface area (Å²) in [5, 5.41) is 13.9. The molecule has 0 fully saturated rings. The summed E-state index contributed by atoms with van der Waals surface area (Å²) in [6, 6.07) is 24.7. The highest BCUT2D eigenvalue weighted by Gasteiger charge is 2.26. The van der Waals surface area contributed by atoms with Crippen LogP contribution in [0.4, 0.5) is 5.69 Å². The van der Waals surface area contributed by atoms with Crippen LogP contribution in [0.3, 0.4) is 0 Å². The molecule has 1 unspecified atom stereocenters. The lowest BCUT2D eigenvalue weighted by Crippen LogP contribution is -2.28. The minimum Gasteiger partial charge on any atom is -0.324 e. The Bertz CT molecular complexity index is 991. The number of fused-ring (bicyclic) bond motifs is 1. The fourth-order valence-electron chi connectivity index (χ4n) is 2.75. The number of thioether (sulfide) groups is 1. The summed E-state index contributed by atoms with van der Waals surface area (Å²) < 4.78 is 0. The van der Waals surface area contributed by atoms with E-state index in [1.807, 2.05) is 72.8 Å². The summed E-state index contributed by atoms with van der Waals surface area (Å²) in [6.07, 6.45) is 0.167. The van der Waals surface area contributed by atoms with Gasteiger partial charge in [0.15, 0.2) is 11.7 Å². The second-order valence-corrected chi connectivity index (χ2v) is 7.12. The van der Waals surface area contributed by atoms with Crippen LogP contribution in [0.5, 0.6) is 0 Å². The fraction of sp³-hybridized carbons (Fsp3) is 0.136. The van der Waals surface area contributed by atoms with E-state index >= 15 is 0 Å². The number of carbonyl (C=O) groups excluding carboxylic acids is 2. The maximum Gasteiger partial charge on any atom is 0.249 e. The van der Waals surface area contributed by atoms with Gasteiger partial charge in [-0.3, -0.25) is 9.59 Å². The Morgan fingerprint density at radius 2 is 1.67 bits per heavy atom. The number of Topliss-reactive ketones (excluding diaryl/α,β-unsaturated/α-hetero) is 1. The number of hydrogen-bond acceptors (Lipinski definition) is 4. The minimum absolute atomic E-state index is 0.167. The lowest BCUT2D eigenvalue weighted by molar-refractivity contribution is -0.128. The monoisotopic (exact) mass is 374 g/mol. The fourth-order valence-corrected chi connectivity index (χ4v) is 3.64. The first-order valence-corrected chi connectivity index (χ1v) is 9.56. The van der Waals surface area contributed by atoms with Crippen LogP contribution in [0.2, 0.25) is 0 Å². The molecule has 0 saturated heterocycles. The topological polar surface area (TPSA) is 70.0 Å². The van der Waals surface area contributed by atoms with E-state index in [1.54, 1.807) is 6.07 Å². The molecule has 5 heteroatoms. The molecular formula is C22H18N2O2S. The van der Waals surface area contributed by atoms with Crippen LogP contribution in [0, 0.1) is 17.2 Å². The molecule has 3 aromatic carbocycles. The quantitative estimate of drug-likeness (QED) is 0.482. The Morgan fingerprint density at radius 3 is 2.44 bits per heavy atom. The second kappa shape index (κ2) is 9.02. The zero-order valence-electron chi connectivity index (χ0n) is 14.6. The largest absolute Gasteiger partial charge is 0.324 e. The molecule has 0 radical (unpaired) electrons. The van der Waals surface area contributed by atoms with Gasteiger partial charge >= 0.3 is 0 Å². The Hall–Kier alpha value is -3.10. The van der Waals surface area contributed by atoms with E-state index in [4.69, 9.17) is 0 Å². The van der Waals surface area contributed by atoms with Gasteiger partial charge in [0, 0.05) is 28.1 Å². The van der Waals surface area contributed by atoms with Crippen molar-refractivity contribution >= 4 is 39.9 Å². The minimum atomic E-state index is -1.31. The molecule has 1 amide bonds. The summed E-state index contributed by atoms with van der Waals surface area (Å²) in [4.78, 5) is 25.9.